The second kappa shape index (κ2) is 3.32. The molecule has 1 saturated carbocycles. The highest BCUT2D eigenvalue weighted by atomic mass is 16.7. The van der Waals surface area contributed by atoms with E-state index < -0.39 is 5.79 Å². The average molecular weight is 172 g/mol. The van der Waals surface area contributed by atoms with Crippen molar-refractivity contribution in [2.75, 3.05) is 13.2 Å². The van der Waals surface area contributed by atoms with Crippen LogP contribution in [0.4, 0.5) is 0 Å². The van der Waals surface area contributed by atoms with Crippen molar-refractivity contribution in [2.45, 2.75) is 44.0 Å². The lowest BCUT2D eigenvalue weighted by Gasteiger charge is -2.26. The van der Waals surface area contributed by atoms with Crippen molar-refractivity contribution < 1.29 is 14.6 Å². The van der Waals surface area contributed by atoms with E-state index in [0.717, 1.165) is 25.7 Å². The molecule has 70 valence electrons. The normalized spacial score (nSPS) is 35.2. The Morgan fingerprint density at radius 2 is 1.92 bits per heavy atom. The molecule has 1 aliphatic heterocycles. The minimum atomic E-state index is -0.421. The van der Waals surface area contributed by atoms with Gasteiger partial charge in [0, 0.05) is 12.8 Å². The van der Waals surface area contributed by atoms with Crippen molar-refractivity contribution >= 4 is 0 Å². The van der Waals surface area contributed by atoms with E-state index in [1.165, 1.54) is 0 Å². The van der Waals surface area contributed by atoms with Gasteiger partial charge in [0.05, 0.1) is 19.3 Å². The summed E-state index contributed by atoms with van der Waals surface area (Å²) in [6.07, 6.45) is 4.48. The fourth-order valence-corrected chi connectivity index (χ4v) is 2.10. The average Bonchev–Trinajstić information content (AvgIpc) is 2.39. The monoisotopic (exact) mass is 172 g/mol. The molecule has 2 aliphatic rings. The van der Waals surface area contributed by atoms with E-state index in [9.17, 15) is 5.11 Å². The van der Waals surface area contributed by atoms with Crippen LogP contribution < -0.4 is 0 Å². The Bertz CT molecular complexity index is 152. The molecule has 0 radical (unpaired) electrons. The SMILES string of the molecule is OC1CCCCC2(C1)OCCO2. The first-order valence-corrected chi connectivity index (χ1v) is 4.77. The molecule has 1 N–H and O–H groups in total. The lowest BCUT2D eigenvalue weighted by atomic mass is 10.1. The van der Waals surface area contributed by atoms with Gasteiger partial charge in [-0.25, -0.2) is 0 Å². The molecular formula is C9H16O3. The summed E-state index contributed by atoms with van der Waals surface area (Å²) >= 11 is 0. The van der Waals surface area contributed by atoms with Crippen LogP contribution in [0.3, 0.4) is 0 Å². The maximum absolute atomic E-state index is 9.55. The van der Waals surface area contributed by atoms with Gasteiger partial charge in [-0.1, -0.05) is 6.42 Å². The van der Waals surface area contributed by atoms with Crippen molar-refractivity contribution in [2.24, 2.45) is 0 Å². The van der Waals surface area contributed by atoms with E-state index in [1.807, 2.05) is 0 Å². The molecule has 1 atom stereocenters. The van der Waals surface area contributed by atoms with Gasteiger partial charge in [-0.3, -0.25) is 0 Å². The fraction of sp³-hybridized carbons (Fsp3) is 1.00. The molecular weight excluding hydrogens is 156 g/mol. The molecule has 1 saturated heterocycles. The first kappa shape index (κ1) is 8.48. The summed E-state index contributed by atoms with van der Waals surface area (Å²) in [6, 6.07) is 0. The molecule has 3 nitrogen and oxygen atoms in total. The Kier molecular flexibility index (Phi) is 2.35. The Balaban J connectivity index is 2.02. The van der Waals surface area contributed by atoms with Crippen molar-refractivity contribution in [1.29, 1.82) is 0 Å². The first-order chi connectivity index (χ1) is 5.81. The van der Waals surface area contributed by atoms with Crippen molar-refractivity contribution in [3.63, 3.8) is 0 Å². The third-order valence-electron chi connectivity index (χ3n) is 2.71. The number of aliphatic hydroxyl groups is 1. The van der Waals surface area contributed by atoms with Crippen LogP contribution in [0.15, 0.2) is 0 Å². The topological polar surface area (TPSA) is 38.7 Å². The highest BCUT2D eigenvalue weighted by Crippen LogP contribution is 2.34. The molecule has 0 aromatic heterocycles. The number of rotatable bonds is 0. The van der Waals surface area contributed by atoms with E-state index in [1.54, 1.807) is 0 Å². The van der Waals surface area contributed by atoms with Crippen LogP contribution in [0, 0.1) is 0 Å². The summed E-state index contributed by atoms with van der Waals surface area (Å²) in [5.41, 5.74) is 0. The van der Waals surface area contributed by atoms with Crippen LogP contribution in [-0.4, -0.2) is 30.2 Å². The summed E-state index contributed by atoms with van der Waals surface area (Å²) in [5, 5.41) is 9.55. The number of ether oxygens (including phenoxy) is 2. The molecule has 0 amide bonds. The van der Waals surface area contributed by atoms with Crippen molar-refractivity contribution in [3.05, 3.63) is 0 Å². The summed E-state index contributed by atoms with van der Waals surface area (Å²) in [4.78, 5) is 0. The third kappa shape index (κ3) is 1.63. The molecule has 2 fully saturated rings. The van der Waals surface area contributed by atoms with E-state index >= 15 is 0 Å². The van der Waals surface area contributed by atoms with Gasteiger partial charge >= 0.3 is 0 Å². The molecule has 1 unspecified atom stereocenters. The van der Waals surface area contributed by atoms with Gasteiger partial charge in [-0.05, 0) is 12.8 Å². The second-order valence-electron chi connectivity index (χ2n) is 3.71. The van der Waals surface area contributed by atoms with E-state index in [0.29, 0.717) is 19.6 Å². The van der Waals surface area contributed by atoms with Crippen LogP contribution in [0.5, 0.6) is 0 Å². The van der Waals surface area contributed by atoms with Crippen LogP contribution >= 0.6 is 0 Å². The van der Waals surface area contributed by atoms with Gasteiger partial charge in [-0.15, -0.1) is 0 Å². The predicted octanol–water partition coefficient (Wildman–Crippen LogP) is 1.05. The maximum atomic E-state index is 9.55. The zero-order chi connectivity index (χ0) is 8.44. The van der Waals surface area contributed by atoms with Crippen molar-refractivity contribution in [3.8, 4) is 0 Å². The smallest absolute Gasteiger partial charge is 0.170 e. The fourth-order valence-electron chi connectivity index (χ4n) is 2.10. The number of hydrogen-bond donors (Lipinski definition) is 1. The van der Waals surface area contributed by atoms with E-state index in [-0.39, 0.29) is 6.10 Å². The molecule has 3 heteroatoms. The lowest BCUT2D eigenvalue weighted by molar-refractivity contribution is -0.177. The Morgan fingerprint density at radius 3 is 2.67 bits per heavy atom. The Hall–Kier alpha value is -0.120. The minimum absolute atomic E-state index is 0.231. The van der Waals surface area contributed by atoms with E-state index in [2.05, 4.69) is 0 Å². The highest BCUT2D eigenvalue weighted by Gasteiger charge is 2.39. The number of hydrogen-bond acceptors (Lipinski definition) is 3. The summed E-state index contributed by atoms with van der Waals surface area (Å²) < 4.78 is 11.1. The molecule has 2 rings (SSSR count). The molecule has 1 heterocycles. The lowest BCUT2D eigenvalue weighted by Crippen LogP contribution is -2.32. The van der Waals surface area contributed by atoms with Crippen molar-refractivity contribution in [1.82, 2.24) is 0 Å². The number of aliphatic hydroxyl groups excluding tert-OH is 1. The predicted molar refractivity (Wildman–Crippen MR) is 43.7 cm³/mol. The standard InChI is InChI=1S/C9H16O3/c10-8-3-1-2-4-9(7-8)11-5-6-12-9/h8,10H,1-7H2. The second-order valence-corrected chi connectivity index (χ2v) is 3.71. The molecule has 1 spiro atoms. The van der Waals surface area contributed by atoms with Gasteiger partial charge in [0.15, 0.2) is 5.79 Å². The highest BCUT2D eigenvalue weighted by molar-refractivity contribution is 4.81. The molecule has 12 heavy (non-hydrogen) atoms. The van der Waals surface area contributed by atoms with Crippen LogP contribution in [0.2, 0.25) is 0 Å². The Morgan fingerprint density at radius 1 is 1.17 bits per heavy atom. The zero-order valence-electron chi connectivity index (χ0n) is 7.29. The molecule has 0 bridgehead atoms. The Labute approximate surface area is 72.7 Å². The van der Waals surface area contributed by atoms with Gasteiger partial charge in [-0.2, -0.15) is 0 Å². The van der Waals surface area contributed by atoms with Crippen LogP contribution in [0.1, 0.15) is 32.1 Å². The van der Waals surface area contributed by atoms with Gasteiger partial charge < -0.3 is 14.6 Å². The summed E-state index contributed by atoms with van der Waals surface area (Å²) in [7, 11) is 0. The van der Waals surface area contributed by atoms with Gasteiger partial charge in [0.2, 0.25) is 0 Å². The van der Waals surface area contributed by atoms with E-state index in [4.69, 9.17) is 9.47 Å². The largest absolute Gasteiger partial charge is 0.393 e. The summed E-state index contributed by atoms with van der Waals surface area (Å²) in [5.74, 6) is -0.421. The summed E-state index contributed by atoms with van der Waals surface area (Å²) in [6.45, 7) is 1.37. The molecule has 0 aromatic carbocycles. The van der Waals surface area contributed by atoms with Crippen LogP contribution in [0.25, 0.3) is 0 Å². The zero-order valence-corrected chi connectivity index (χ0v) is 7.29. The quantitative estimate of drug-likeness (QED) is 0.593. The van der Waals surface area contributed by atoms with Gasteiger partial charge in [0.1, 0.15) is 0 Å². The third-order valence-corrected chi connectivity index (χ3v) is 2.71. The van der Waals surface area contributed by atoms with Gasteiger partial charge in [0.25, 0.3) is 0 Å². The molecule has 1 aliphatic carbocycles. The first-order valence-electron chi connectivity index (χ1n) is 4.77. The molecule has 0 aromatic rings. The van der Waals surface area contributed by atoms with Crippen LogP contribution in [-0.2, 0) is 9.47 Å². The minimum Gasteiger partial charge on any atom is -0.393 e. The maximum Gasteiger partial charge on any atom is 0.170 e.